The minimum atomic E-state index is 0.344. The SMILES string of the molecule is N#Cc1ccc(Oc2ccc(C=O)c(Cl)c2)cc1. The monoisotopic (exact) mass is 257 g/mol. The standard InChI is InChI=1S/C14H8ClNO2/c15-14-7-13(6-3-11(14)9-17)18-12-4-1-10(8-16)2-5-12/h1-7,9H. The van der Waals surface area contributed by atoms with Gasteiger partial charge in [-0.3, -0.25) is 4.79 Å². The molecule has 0 aromatic heterocycles. The van der Waals surface area contributed by atoms with Crippen LogP contribution in [-0.2, 0) is 0 Å². The van der Waals surface area contributed by atoms with E-state index in [9.17, 15) is 4.79 Å². The summed E-state index contributed by atoms with van der Waals surface area (Å²) in [5, 5.41) is 9.01. The summed E-state index contributed by atoms with van der Waals surface area (Å²) in [5.41, 5.74) is 0.987. The van der Waals surface area contributed by atoms with Crippen molar-refractivity contribution in [3.8, 4) is 17.6 Å². The zero-order valence-electron chi connectivity index (χ0n) is 9.26. The van der Waals surface area contributed by atoms with E-state index in [1.54, 1.807) is 42.5 Å². The van der Waals surface area contributed by atoms with Crippen molar-refractivity contribution in [1.82, 2.24) is 0 Å². The maximum Gasteiger partial charge on any atom is 0.151 e. The molecule has 2 rings (SSSR count). The van der Waals surface area contributed by atoms with Crippen LogP contribution in [0.5, 0.6) is 11.5 Å². The van der Waals surface area contributed by atoms with Crippen LogP contribution in [-0.4, -0.2) is 6.29 Å². The molecule has 0 fully saturated rings. The zero-order chi connectivity index (χ0) is 13.0. The normalized spacial score (nSPS) is 9.56. The molecule has 0 saturated heterocycles. The first-order chi connectivity index (χ1) is 8.72. The second-order valence-electron chi connectivity index (χ2n) is 3.54. The fourth-order valence-electron chi connectivity index (χ4n) is 1.40. The van der Waals surface area contributed by atoms with E-state index in [4.69, 9.17) is 21.6 Å². The minimum Gasteiger partial charge on any atom is -0.457 e. The molecule has 0 N–H and O–H groups in total. The number of aldehydes is 1. The average molecular weight is 258 g/mol. The summed E-state index contributed by atoms with van der Waals surface area (Å²) in [5.74, 6) is 1.14. The average Bonchev–Trinajstić information content (AvgIpc) is 2.40. The van der Waals surface area contributed by atoms with Gasteiger partial charge in [-0.25, -0.2) is 0 Å². The quantitative estimate of drug-likeness (QED) is 0.786. The Kier molecular flexibility index (Phi) is 3.61. The van der Waals surface area contributed by atoms with Gasteiger partial charge in [-0.15, -0.1) is 0 Å². The summed E-state index contributed by atoms with van der Waals surface area (Å²) in [6, 6.07) is 13.6. The lowest BCUT2D eigenvalue weighted by Gasteiger charge is -2.06. The van der Waals surface area contributed by atoms with Gasteiger partial charge in [0.25, 0.3) is 0 Å². The second-order valence-corrected chi connectivity index (χ2v) is 3.95. The highest BCUT2D eigenvalue weighted by atomic mass is 35.5. The molecule has 3 nitrogen and oxygen atoms in total. The predicted octanol–water partition coefficient (Wildman–Crippen LogP) is 3.82. The number of hydrogen-bond acceptors (Lipinski definition) is 3. The predicted molar refractivity (Wildman–Crippen MR) is 68.1 cm³/mol. The summed E-state index contributed by atoms with van der Waals surface area (Å²) in [6.07, 6.45) is 0.688. The lowest BCUT2D eigenvalue weighted by Crippen LogP contribution is -1.87. The Morgan fingerprint density at radius 1 is 1.11 bits per heavy atom. The summed E-state index contributed by atoms with van der Waals surface area (Å²) in [4.78, 5) is 10.6. The Labute approximate surface area is 109 Å². The van der Waals surface area contributed by atoms with E-state index in [0.29, 0.717) is 33.9 Å². The zero-order valence-corrected chi connectivity index (χ0v) is 10.0. The smallest absolute Gasteiger partial charge is 0.151 e. The van der Waals surface area contributed by atoms with Crippen molar-refractivity contribution in [2.75, 3.05) is 0 Å². The number of rotatable bonds is 3. The van der Waals surface area contributed by atoms with Crippen LogP contribution in [0.25, 0.3) is 0 Å². The lowest BCUT2D eigenvalue weighted by atomic mass is 10.2. The topological polar surface area (TPSA) is 50.1 Å². The molecule has 0 bridgehead atoms. The molecular weight excluding hydrogens is 250 g/mol. The third-order valence-corrected chi connectivity index (χ3v) is 2.65. The van der Waals surface area contributed by atoms with Gasteiger partial charge in [-0.2, -0.15) is 5.26 Å². The van der Waals surface area contributed by atoms with Gasteiger partial charge in [-0.1, -0.05) is 11.6 Å². The van der Waals surface area contributed by atoms with Crippen molar-refractivity contribution >= 4 is 17.9 Å². The Bertz CT molecular complexity index is 615. The van der Waals surface area contributed by atoms with Gasteiger partial charge in [0.15, 0.2) is 6.29 Å². The van der Waals surface area contributed by atoms with Crippen molar-refractivity contribution < 1.29 is 9.53 Å². The van der Waals surface area contributed by atoms with Gasteiger partial charge in [0.2, 0.25) is 0 Å². The van der Waals surface area contributed by atoms with E-state index in [1.807, 2.05) is 6.07 Å². The van der Waals surface area contributed by atoms with Crippen molar-refractivity contribution in [3.63, 3.8) is 0 Å². The van der Waals surface area contributed by atoms with E-state index >= 15 is 0 Å². The van der Waals surface area contributed by atoms with Gasteiger partial charge < -0.3 is 4.74 Å². The Hall–Kier alpha value is -2.31. The van der Waals surface area contributed by atoms with Gasteiger partial charge in [0, 0.05) is 11.6 Å². The molecule has 0 atom stereocenters. The van der Waals surface area contributed by atoms with Crippen LogP contribution in [0.1, 0.15) is 15.9 Å². The maximum absolute atomic E-state index is 10.6. The van der Waals surface area contributed by atoms with Crippen LogP contribution in [0, 0.1) is 11.3 Å². The van der Waals surface area contributed by atoms with E-state index in [2.05, 4.69) is 0 Å². The fraction of sp³-hybridized carbons (Fsp3) is 0. The van der Waals surface area contributed by atoms with E-state index < -0.39 is 0 Å². The fourth-order valence-corrected chi connectivity index (χ4v) is 1.62. The van der Waals surface area contributed by atoms with Crippen molar-refractivity contribution in [2.45, 2.75) is 0 Å². The van der Waals surface area contributed by atoms with Crippen LogP contribution in [0.4, 0.5) is 0 Å². The number of hydrogen-bond donors (Lipinski definition) is 0. The van der Waals surface area contributed by atoms with Crippen molar-refractivity contribution in [1.29, 1.82) is 5.26 Å². The molecule has 0 amide bonds. The molecular formula is C14H8ClNO2. The number of nitriles is 1. The Morgan fingerprint density at radius 2 is 1.78 bits per heavy atom. The van der Waals surface area contributed by atoms with E-state index in [1.165, 1.54) is 0 Å². The highest BCUT2D eigenvalue weighted by Crippen LogP contribution is 2.26. The second kappa shape index (κ2) is 5.35. The largest absolute Gasteiger partial charge is 0.457 e. The number of carbonyl (C=O) groups is 1. The number of ether oxygens (including phenoxy) is 1. The maximum atomic E-state index is 10.6. The first-order valence-electron chi connectivity index (χ1n) is 5.15. The van der Waals surface area contributed by atoms with Crippen molar-refractivity contribution in [2.24, 2.45) is 0 Å². The number of nitrogens with zero attached hydrogens (tertiary/aromatic N) is 1. The van der Waals surface area contributed by atoms with Crippen LogP contribution in [0.15, 0.2) is 42.5 Å². The van der Waals surface area contributed by atoms with Gasteiger partial charge >= 0.3 is 0 Å². The third kappa shape index (κ3) is 2.68. The van der Waals surface area contributed by atoms with Gasteiger partial charge in [0.05, 0.1) is 16.7 Å². The van der Waals surface area contributed by atoms with Crippen molar-refractivity contribution in [3.05, 3.63) is 58.6 Å². The van der Waals surface area contributed by atoms with Crippen LogP contribution < -0.4 is 4.74 Å². The molecule has 4 heteroatoms. The molecule has 0 aliphatic rings. The molecule has 0 heterocycles. The lowest BCUT2D eigenvalue weighted by molar-refractivity contribution is 0.112. The van der Waals surface area contributed by atoms with Gasteiger partial charge in [-0.05, 0) is 36.4 Å². The summed E-state index contributed by atoms with van der Waals surface area (Å²) >= 11 is 5.89. The summed E-state index contributed by atoms with van der Waals surface area (Å²) in [6.45, 7) is 0. The number of carbonyl (C=O) groups excluding carboxylic acids is 1. The van der Waals surface area contributed by atoms with E-state index in [-0.39, 0.29) is 0 Å². The Balaban J connectivity index is 2.20. The first-order valence-corrected chi connectivity index (χ1v) is 5.53. The molecule has 2 aromatic carbocycles. The van der Waals surface area contributed by atoms with Crippen LogP contribution in [0.2, 0.25) is 5.02 Å². The molecule has 0 saturated carbocycles. The molecule has 2 aromatic rings. The molecule has 0 radical (unpaired) electrons. The summed E-state index contributed by atoms with van der Waals surface area (Å²) in [7, 11) is 0. The molecule has 0 aliphatic carbocycles. The number of benzene rings is 2. The molecule has 0 aliphatic heterocycles. The third-order valence-electron chi connectivity index (χ3n) is 2.32. The highest BCUT2D eigenvalue weighted by Gasteiger charge is 2.03. The first kappa shape index (κ1) is 12.2. The molecule has 0 unspecified atom stereocenters. The molecule has 88 valence electrons. The molecule has 0 spiro atoms. The van der Waals surface area contributed by atoms with Crippen LogP contribution in [0.3, 0.4) is 0 Å². The van der Waals surface area contributed by atoms with Crippen LogP contribution >= 0.6 is 11.6 Å². The summed E-state index contributed by atoms with van der Waals surface area (Å²) < 4.78 is 5.55. The molecule has 18 heavy (non-hydrogen) atoms. The number of halogens is 1. The van der Waals surface area contributed by atoms with Gasteiger partial charge in [0.1, 0.15) is 11.5 Å². The van der Waals surface area contributed by atoms with E-state index in [0.717, 1.165) is 0 Å². The highest BCUT2D eigenvalue weighted by molar-refractivity contribution is 6.33. The Morgan fingerprint density at radius 3 is 2.33 bits per heavy atom. The minimum absolute atomic E-state index is 0.344.